The van der Waals surface area contributed by atoms with Crippen molar-refractivity contribution in [2.45, 2.75) is 392 Å². The molecule has 4 nitrogen and oxygen atoms in total. The van der Waals surface area contributed by atoms with Crippen LogP contribution in [0.15, 0.2) is 60.8 Å². The SMILES string of the molecule is CC/C=C\C/C=C\C/C=C\C/C=C\CCCCCCCCCCCCCCCCCCCCCCCCC(=O)NC(CO)C(O)/C=C/CCCCCCCCCCCCCCCCCCCCCCCCCCCCCC. The number of allylic oxidation sites excluding steroid dienone is 9. The molecule has 0 saturated heterocycles. The molecule has 3 N–H and O–H groups in total. The summed E-state index contributed by atoms with van der Waals surface area (Å²) in [4.78, 5) is 12.5. The second-order valence-corrected chi connectivity index (χ2v) is 23.9. The Morgan fingerprint density at radius 1 is 0.325 bits per heavy atom. The van der Waals surface area contributed by atoms with Crippen LogP contribution in [-0.2, 0) is 4.79 Å². The molecule has 0 aromatic heterocycles. The van der Waals surface area contributed by atoms with Crippen LogP contribution in [0.25, 0.3) is 0 Å². The van der Waals surface area contributed by atoms with Gasteiger partial charge >= 0.3 is 0 Å². The van der Waals surface area contributed by atoms with Gasteiger partial charge in [-0.25, -0.2) is 0 Å². The third-order valence-electron chi connectivity index (χ3n) is 16.3. The van der Waals surface area contributed by atoms with E-state index in [0.29, 0.717) is 6.42 Å². The lowest BCUT2D eigenvalue weighted by Gasteiger charge is -2.20. The second-order valence-electron chi connectivity index (χ2n) is 23.9. The highest BCUT2D eigenvalue weighted by atomic mass is 16.3. The minimum Gasteiger partial charge on any atom is -0.394 e. The Morgan fingerprint density at radius 3 is 0.857 bits per heavy atom. The fourth-order valence-corrected chi connectivity index (χ4v) is 11.0. The number of rotatable bonds is 65. The topological polar surface area (TPSA) is 69.6 Å². The lowest BCUT2D eigenvalue weighted by Crippen LogP contribution is -2.45. The minimum absolute atomic E-state index is 0.0568. The number of aliphatic hydroxyl groups is 2. The number of amides is 1. The van der Waals surface area contributed by atoms with Gasteiger partial charge in [0.1, 0.15) is 0 Å². The van der Waals surface area contributed by atoms with Gasteiger partial charge in [0.15, 0.2) is 0 Å². The predicted molar refractivity (Wildman–Crippen MR) is 345 cm³/mol. The zero-order chi connectivity index (χ0) is 55.5. The van der Waals surface area contributed by atoms with Crippen LogP contribution >= 0.6 is 0 Å². The summed E-state index contributed by atoms with van der Waals surface area (Å²) in [6.45, 7) is 4.24. The Balaban J connectivity index is 3.42. The van der Waals surface area contributed by atoms with Crippen molar-refractivity contribution >= 4 is 5.91 Å². The molecule has 4 heteroatoms. The van der Waals surface area contributed by atoms with E-state index in [4.69, 9.17) is 0 Å². The molecule has 0 heterocycles. The lowest BCUT2D eigenvalue weighted by molar-refractivity contribution is -0.123. The maximum absolute atomic E-state index is 12.5. The first-order valence-electron chi connectivity index (χ1n) is 35.0. The predicted octanol–water partition coefficient (Wildman–Crippen LogP) is 23.9. The molecule has 452 valence electrons. The molecule has 0 fully saturated rings. The van der Waals surface area contributed by atoms with Gasteiger partial charge in [-0.2, -0.15) is 0 Å². The normalized spacial score (nSPS) is 13.0. The van der Waals surface area contributed by atoms with E-state index in [-0.39, 0.29) is 12.5 Å². The van der Waals surface area contributed by atoms with Crippen molar-refractivity contribution in [2.75, 3.05) is 6.61 Å². The third kappa shape index (κ3) is 64.8. The van der Waals surface area contributed by atoms with Gasteiger partial charge in [0.05, 0.1) is 18.8 Å². The summed E-state index contributed by atoms with van der Waals surface area (Å²) in [5.41, 5.74) is 0. The van der Waals surface area contributed by atoms with Crippen LogP contribution in [0.5, 0.6) is 0 Å². The Labute approximate surface area is 483 Å². The van der Waals surface area contributed by atoms with Gasteiger partial charge < -0.3 is 15.5 Å². The van der Waals surface area contributed by atoms with Crippen LogP contribution in [0.4, 0.5) is 0 Å². The molecular formula is C73H137NO3. The maximum Gasteiger partial charge on any atom is 0.220 e. The number of nitrogens with one attached hydrogen (secondary N) is 1. The number of carbonyl (C=O) groups excluding carboxylic acids is 1. The summed E-state index contributed by atoms with van der Waals surface area (Å²) in [6.07, 6.45) is 97.4. The van der Waals surface area contributed by atoms with Crippen LogP contribution in [0, 0.1) is 0 Å². The van der Waals surface area contributed by atoms with E-state index in [0.717, 1.165) is 51.4 Å². The molecule has 2 atom stereocenters. The molecule has 1 amide bonds. The van der Waals surface area contributed by atoms with Gasteiger partial charge in [-0.1, -0.05) is 376 Å². The number of hydrogen-bond donors (Lipinski definition) is 3. The van der Waals surface area contributed by atoms with E-state index in [1.54, 1.807) is 6.08 Å². The van der Waals surface area contributed by atoms with Crippen molar-refractivity contribution in [3.63, 3.8) is 0 Å². The number of hydrogen-bond acceptors (Lipinski definition) is 3. The monoisotopic (exact) mass is 1080 g/mol. The van der Waals surface area contributed by atoms with Gasteiger partial charge in [0.2, 0.25) is 5.91 Å². The fourth-order valence-electron chi connectivity index (χ4n) is 11.0. The van der Waals surface area contributed by atoms with Crippen molar-refractivity contribution in [1.29, 1.82) is 0 Å². The Morgan fingerprint density at radius 2 is 0.571 bits per heavy atom. The van der Waals surface area contributed by atoms with Crippen molar-refractivity contribution in [2.24, 2.45) is 0 Å². The fraction of sp³-hybridized carbons (Fsp3) is 0.849. The highest BCUT2D eigenvalue weighted by Crippen LogP contribution is 2.19. The quantitative estimate of drug-likeness (QED) is 0.0420. The van der Waals surface area contributed by atoms with Gasteiger partial charge in [-0.3, -0.25) is 4.79 Å². The van der Waals surface area contributed by atoms with Crippen molar-refractivity contribution in [3.8, 4) is 0 Å². The van der Waals surface area contributed by atoms with E-state index in [2.05, 4.69) is 67.8 Å². The number of aliphatic hydroxyl groups excluding tert-OH is 2. The Hall–Kier alpha value is -1.91. The maximum atomic E-state index is 12.5. The highest BCUT2D eigenvalue weighted by molar-refractivity contribution is 5.76. The number of carbonyl (C=O) groups is 1. The summed E-state index contributed by atoms with van der Waals surface area (Å²) in [7, 11) is 0. The van der Waals surface area contributed by atoms with Crippen LogP contribution < -0.4 is 5.32 Å². The molecular weight excluding hydrogens is 939 g/mol. The zero-order valence-electron chi connectivity index (χ0n) is 52.2. The largest absolute Gasteiger partial charge is 0.394 e. The van der Waals surface area contributed by atoms with Crippen LogP contribution in [0.1, 0.15) is 380 Å². The molecule has 77 heavy (non-hydrogen) atoms. The molecule has 0 saturated carbocycles. The summed E-state index contributed by atoms with van der Waals surface area (Å²) in [5.74, 6) is -0.0568. The van der Waals surface area contributed by atoms with Gasteiger partial charge in [0.25, 0.3) is 0 Å². The summed E-state index contributed by atoms with van der Waals surface area (Å²) >= 11 is 0. The molecule has 0 aliphatic heterocycles. The van der Waals surface area contributed by atoms with Crippen molar-refractivity contribution in [1.82, 2.24) is 5.32 Å². The van der Waals surface area contributed by atoms with E-state index < -0.39 is 12.1 Å². The van der Waals surface area contributed by atoms with E-state index in [1.165, 1.54) is 308 Å². The summed E-state index contributed by atoms with van der Waals surface area (Å²) < 4.78 is 0. The molecule has 0 bridgehead atoms. The second kappa shape index (κ2) is 68.4. The van der Waals surface area contributed by atoms with E-state index in [9.17, 15) is 15.0 Å². The van der Waals surface area contributed by atoms with Crippen LogP contribution in [0.2, 0.25) is 0 Å². The molecule has 0 aromatic carbocycles. The van der Waals surface area contributed by atoms with E-state index >= 15 is 0 Å². The van der Waals surface area contributed by atoms with Crippen molar-refractivity contribution in [3.05, 3.63) is 60.8 Å². The van der Waals surface area contributed by atoms with E-state index in [1.807, 2.05) is 6.08 Å². The van der Waals surface area contributed by atoms with Crippen LogP contribution in [0.3, 0.4) is 0 Å². The number of unbranched alkanes of at least 4 members (excludes halogenated alkanes) is 50. The molecule has 2 unspecified atom stereocenters. The first kappa shape index (κ1) is 75.1. The third-order valence-corrected chi connectivity index (χ3v) is 16.3. The smallest absolute Gasteiger partial charge is 0.220 e. The standard InChI is InChI=1S/C73H137NO3/c1-3-5-7-9-11-13-15-17-19-21-23-25-27-29-31-33-35-36-37-38-39-41-43-45-47-49-51-53-55-57-59-61-63-65-67-69-73(77)74-71(70-75)72(76)68-66-64-62-60-58-56-54-52-50-48-46-44-42-40-34-32-30-28-26-24-22-20-18-16-14-12-10-8-6-4-2/h5,7,11,13,17,19,23,25,66,68,71-72,75-76H,3-4,6,8-10,12,14-16,18,20-22,24,26-65,67,69-70H2,1-2H3,(H,74,77)/b7-5-,13-11-,19-17-,25-23-,68-66+. The lowest BCUT2D eigenvalue weighted by atomic mass is 10.0. The Kier molecular flexibility index (Phi) is 66.7. The first-order valence-corrected chi connectivity index (χ1v) is 35.0. The summed E-state index contributed by atoms with van der Waals surface area (Å²) in [6, 6.07) is -0.624. The molecule has 0 aromatic rings. The highest BCUT2D eigenvalue weighted by Gasteiger charge is 2.18. The average Bonchev–Trinajstić information content (AvgIpc) is 3.43. The molecule has 0 spiro atoms. The zero-order valence-corrected chi connectivity index (χ0v) is 52.2. The molecule has 0 radical (unpaired) electrons. The van der Waals surface area contributed by atoms with Gasteiger partial charge in [-0.05, 0) is 57.8 Å². The molecule has 0 aliphatic rings. The van der Waals surface area contributed by atoms with Gasteiger partial charge in [-0.15, -0.1) is 0 Å². The molecule has 0 rings (SSSR count). The first-order chi connectivity index (χ1) is 38.2. The average molecular weight is 1080 g/mol. The Bertz CT molecular complexity index is 1270. The summed E-state index contributed by atoms with van der Waals surface area (Å²) in [5, 5.41) is 23.3. The van der Waals surface area contributed by atoms with Crippen molar-refractivity contribution < 1.29 is 15.0 Å². The minimum atomic E-state index is -0.841. The molecule has 0 aliphatic carbocycles. The van der Waals surface area contributed by atoms with Gasteiger partial charge in [0, 0.05) is 6.42 Å². The van der Waals surface area contributed by atoms with Crippen LogP contribution in [-0.4, -0.2) is 34.9 Å².